The predicted octanol–water partition coefficient (Wildman–Crippen LogP) is 1.90. The van der Waals surface area contributed by atoms with Crippen LogP contribution < -0.4 is 15.0 Å². The van der Waals surface area contributed by atoms with Gasteiger partial charge in [0.25, 0.3) is 0 Å². The van der Waals surface area contributed by atoms with Gasteiger partial charge in [-0.1, -0.05) is 30.3 Å². The number of hydrogen-bond acceptors (Lipinski definition) is 3. The highest BCUT2D eigenvalue weighted by molar-refractivity contribution is 5.78. The number of likely N-dealkylation sites (tertiary alicyclic amines) is 1. The third-order valence-corrected chi connectivity index (χ3v) is 5.15. The van der Waals surface area contributed by atoms with E-state index < -0.39 is 0 Å². The van der Waals surface area contributed by atoms with Gasteiger partial charge in [-0.2, -0.15) is 0 Å². The van der Waals surface area contributed by atoms with E-state index >= 15 is 0 Å². The van der Waals surface area contributed by atoms with Crippen LogP contribution in [0.3, 0.4) is 0 Å². The molecule has 1 heterocycles. The van der Waals surface area contributed by atoms with Crippen molar-refractivity contribution in [3.05, 3.63) is 59.7 Å². The number of piperidine rings is 1. The van der Waals surface area contributed by atoms with Gasteiger partial charge in [0, 0.05) is 30.9 Å². The Morgan fingerprint density at radius 2 is 1.89 bits per heavy atom. The lowest BCUT2D eigenvalue weighted by molar-refractivity contribution is -0.919. The molecule has 5 nitrogen and oxygen atoms in total. The average Bonchev–Trinajstić information content (AvgIpc) is 2.70. The summed E-state index contributed by atoms with van der Waals surface area (Å²) in [7, 11) is 0. The maximum Gasteiger partial charge on any atom is 0.223 e. The van der Waals surface area contributed by atoms with E-state index in [-0.39, 0.29) is 17.6 Å². The van der Waals surface area contributed by atoms with Crippen molar-refractivity contribution in [2.45, 2.75) is 32.9 Å². The average molecular weight is 369 g/mol. The fourth-order valence-electron chi connectivity index (χ4n) is 3.62. The van der Waals surface area contributed by atoms with Crippen molar-refractivity contribution >= 4 is 5.91 Å². The molecule has 0 radical (unpaired) electrons. The molecule has 0 atom stereocenters. The minimum atomic E-state index is 0.108. The molecule has 1 aliphatic heterocycles. The normalized spacial score (nSPS) is 19.4. The number of carbonyl (C=O) groups is 1. The highest BCUT2D eigenvalue weighted by Crippen LogP contribution is 2.26. The minimum absolute atomic E-state index is 0.108. The number of aromatic hydroxyl groups is 1. The van der Waals surface area contributed by atoms with Crippen LogP contribution in [0.25, 0.3) is 0 Å². The number of benzene rings is 2. The summed E-state index contributed by atoms with van der Waals surface area (Å²) < 4.78 is 5.47. The summed E-state index contributed by atoms with van der Waals surface area (Å²) in [4.78, 5) is 13.9. The van der Waals surface area contributed by atoms with Gasteiger partial charge in [-0.15, -0.1) is 0 Å². The van der Waals surface area contributed by atoms with E-state index in [2.05, 4.69) is 5.32 Å². The second kappa shape index (κ2) is 9.42. The molecule has 1 aliphatic rings. The number of carbonyl (C=O) groups excluding carboxylic acids is 1. The Morgan fingerprint density at radius 3 is 2.59 bits per heavy atom. The largest absolute Gasteiger partial charge is 0.504 e. The number of ether oxygens (including phenoxy) is 1. The molecule has 1 fully saturated rings. The maximum atomic E-state index is 12.4. The molecule has 0 bridgehead atoms. The van der Waals surface area contributed by atoms with E-state index in [1.165, 1.54) is 4.90 Å². The number of phenols is 1. The molecule has 5 heteroatoms. The molecule has 0 unspecified atom stereocenters. The fourth-order valence-corrected chi connectivity index (χ4v) is 3.62. The quantitative estimate of drug-likeness (QED) is 0.699. The summed E-state index contributed by atoms with van der Waals surface area (Å²) in [5.41, 5.74) is 2.28. The van der Waals surface area contributed by atoms with Crippen LogP contribution in [0.2, 0.25) is 0 Å². The monoisotopic (exact) mass is 369 g/mol. The first kappa shape index (κ1) is 19.2. The summed E-state index contributed by atoms with van der Waals surface area (Å²) in [6, 6.07) is 15.6. The molecule has 0 aromatic heterocycles. The Balaban J connectivity index is 1.46. The summed E-state index contributed by atoms with van der Waals surface area (Å²) in [5.74, 6) is 1.01. The smallest absolute Gasteiger partial charge is 0.223 e. The van der Waals surface area contributed by atoms with Crippen molar-refractivity contribution < 1.29 is 19.5 Å². The van der Waals surface area contributed by atoms with Gasteiger partial charge in [-0.3, -0.25) is 4.79 Å². The molecule has 1 saturated heterocycles. The molecule has 0 aliphatic carbocycles. The molecule has 27 heavy (non-hydrogen) atoms. The summed E-state index contributed by atoms with van der Waals surface area (Å²) in [6.45, 7) is 5.89. The van der Waals surface area contributed by atoms with Crippen molar-refractivity contribution in [1.29, 1.82) is 0 Å². The number of amides is 1. The second-order valence-corrected chi connectivity index (χ2v) is 7.14. The van der Waals surface area contributed by atoms with Gasteiger partial charge in [-0.25, -0.2) is 0 Å². The van der Waals surface area contributed by atoms with Crippen LogP contribution in [0, 0.1) is 5.92 Å². The van der Waals surface area contributed by atoms with Crippen LogP contribution in [0.5, 0.6) is 11.5 Å². The van der Waals surface area contributed by atoms with Gasteiger partial charge >= 0.3 is 0 Å². The number of rotatable bonds is 7. The van der Waals surface area contributed by atoms with Crippen LogP contribution in [-0.4, -0.2) is 30.7 Å². The number of phenolic OH excluding ortho intramolecular Hbond substituents is 1. The number of hydrogen-bond donors (Lipinski definition) is 3. The fraction of sp³-hybridized carbons (Fsp3) is 0.409. The molecule has 3 rings (SSSR count). The lowest BCUT2D eigenvalue weighted by atomic mass is 9.95. The van der Waals surface area contributed by atoms with Gasteiger partial charge in [-0.05, 0) is 30.7 Å². The van der Waals surface area contributed by atoms with Gasteiger partial charge in [0.2, 0.25) is 5.91 Å². The summed E-state index contributed by atoms with van der Waals surface area (Å²) >= 11 is 0. The van der Waals surface area contributed by atoms with E-state index in [9.17, 15) is 9.90 Å². The SMILES string of the molecule is CCOc1cc(C[NH+]2CCC(C(=O)NCc3ccccc3)CC2)ccc1O. The molecule has 0 saturated carbocycles. The third kappa shape index (κ3) is 5.47. The molecule has 144 valence electrons. The van der Waals surface area contributed by atoms with Crippen LogP contribution in [0.1, 0.15) is 30.9 Å². The summed E-state index contributed by atoms with van der Waals surface area (Å²) in [5, 5.41) is 12.9. The summed E-state index contributed by atoms with van der Waals surface area (Å²) in [6.07, 6.45) is 1.82. The zero-order valence-corrected chi connectivity index (χ0v) is 15.9. The lowest BCUT2D eigenvalue weighted by Crippen LogP contribution is -3.11. The van der Waals surface area contributed by atoms with Crippen molar-refractivity contribution in [3.8, 4) is 11.5 Å². The Bertz CT molecular complexity index is 740. The highest BCUT2D eigenvalue weighted by Gasteiger charge is 2.27. The first-order valence-corrected chi connectivity index (χ1v) is 9.75. The Hall–Kier alpha value is -2.53. The van der Waals surface area contributed by atoms with Crippen LogP contribution in [-0.2, 0) is 17.9 Å². The first-order chi connectivity index (χ1) is 13.2. The molecule has 1 amide bonds. The highest BCUT2D eigenvalue weighted by atomic mass is 16.5. The van der Waals surface area contributed by atoms with Gasteiger partial charge < -0.3 is 20.1 Å². The zero-order valence-electron chi connectivity index (χ0n) is 15.9. The van der Waals surface area contributed by atoms with E-state index in [4.69, 9.17) is 4.74 Å². The van der Waals surface area contributed by atoms with Crippen LogP contribution >= 0.6 is 0 Å². The Morgan fingerprint density at radius 1 is 1.15 bits per heavy atom. The molecule has 2 aromatic rings. The molecular formula is C22H29N2O3+. The van der Waals surface area contributed by atoms with Gasteiger partial charge in [0.1, 0.15) is 6.54 Å². The van der Waals surface area contributed by atoms with Gasteiger partial charge in [0.05, 0.1) is 19.7 Å². The predicted molar refractivity (Wildman–Crippen MR) is 105 cm³/mol. The van der Waals surface area contributed by atoms with Gasteiger partial charge in [0.15, 0.2) is 11.5 Å². The topological polar surface area (TPSA) is 63.0 Å². The Labute approximate surface area is 161 Å². The standard InChI is InChI=1S/C22H28N2O3/c1-2-27-21-14-18(8-9-20(21)25)16-24-12-10-19(11-13-24)22(26)23-15-17-6-4-3-5-7-17/h3-9,14,19,25H,2,10-13,15-16H2,1H3,(H,23,26)/p+1. The second-order valence-electron chi connectivity index (χ2n) is 7.14. The molecular weight excluding hydrogens is 340 g/mol. The third-order valence-electron chi connectivity index (χ3n) is 5.15. The number of nitrogens with one attached hydrogen (secondary N) is 2. The van der Waals surface area contributed by atoms with Crippen LogP contribution in [0.4, 0.5) is 0 Å². The zero-order chi connectivity index (χ0) is 19.1. The first-order valence-electron chi connectivity index (χ1n) is 9.75. The minimum Gasteiger partial charge on any atom is -0.504 e. The van der Waals surface area contributed by atoms with Crippen molar-refractivity contribution in [1.82, 2.24) is 5.32 Å². The van der Waals surface area contributed by atoms with Crippen molar-refractivity contribution in [3.63, 3.8) is 0 Å². The molecule has 3 N–H and O–H groups in total. The van der Waals surface area contributed by atoms with E-state index in [1.54, 1.807) is 6.07 Å². The van der Waals surface area contributed by atoms with Crippen molar-refractivity contribution in [2.75, 3.05) is 19.7 Å². The molecule has 0 spiro atoms. The molecule has 2 aromatic carbocycles. The van der Waals surface area contributed by atoms with E-state index in [1.807, 2.05) is 49.4 Å². The maximum absolute atomic E-state index is 12.4. The van der Waals surface area contributed by atoms with Crippen molar-refractivity contribution in [2.24, 2.45) is 5.92 Å². The Kier molecular flexibility index (Phi) is 6.71. The van der Waals surface area contributed by atoms with E-state index in [0.29, 0.717) is 18.9 Å². The van der Waals surface area contributed by atoms with E-state index in [0.717, 1.165) is 43.6 Å². The lowest BCUT2D eigenvalue weighted by Gasteiger charge is -2.28. The number of quaternary nitrogens is 1. The van der Waals surface area contributed by atoms with Crippen LogP contribution in [0.15, 0.2) is 48.5 Å².